The molecule has 0 aliphatic carbocycles. The van der Waals surface area contributed by atoms with Gasteiger partial charge in [0.15, 0.2) is 11.6 Å². The quantitative estimate of drug-likeness (QED) is 0.810. The van der Waals surface area contributed by atoms with E-state index in [0.717, 1.165) is 46.0 Å². The summed E-state index contributed by atoms with van der Waals surface area (Å²) in [5.74, 6) is 3.25. The SMILES string of the molecule is CCNc1nc(-c2ccc(CC)o2)nc(CC)c1I. The van der Waals surface area contributed by atoms with Crippen LogP contribution in [0.3, 0.4) is 0 Å². The van der Waals surface area contributed by atoms with Crippen LogP contribution < -0.4 is 5.32 Å². The Bertz CT molecular complexity index is 566. The Kier molecular flexibility index (Phi) is 4.79. The van der Waals surface area contributed by atoms with Crippen LogP contribution in [0.2, 0.25) is 0 Å². The van der Waals surface area contributed by atoms with Gasteiger partial charge in [-0.1, -0.05) is 13.8 Å². The molecule has 0 aliphatic heterocycles. The van der Waals surface area contributed by atoms with E-state index in [1.165, 1.54) is 0 Å². The largest absolute Gasteiger partial charge is 0.458 e. The van der Waals surface area contributed by atoms with E-state index in [-0.39, 0.29) is 0 Å². The maximum Gasteiger partial charge on any atom is 0.197 e. The first kappa shape index (κ1) is 14.3. The lowest BCUT2D eigenvalue weighted by molar-refractivity contribution is 0.525. The van der Waals surface area contributed by atoms with Gasteiger partial charge in [0.05, 0.1) is 9.26 Å². The molecule has 2 rings (SSSR count). The second kappa shape index (κ2) is 6.36. The van der Waals surface area contributed by atoms with Crippen LogP contribution in [-0.2, 0) is 12.8 Å². The number of halogens is 1. The number of furan rings is 1. The van der Waals surface area contributed by atoms with Crippen LogP contribution in [0, 0.1) is 3.57 Å². The molecule has 0 saturated heterocycles. The Balaban J connectivity index is 2.47. The standard InChI is InChI=1S/C14H18IN3O/c1-4-9-7-8-11(19-9)13-17-10(5-2)12(15)14(18-13)16-6-3/h7-8H,4-6H2,1-3H3,(H,16,17,18). The zero-order chi connectivity index (χ0) is 13.8. The molecular formula is C14H18IN3O. The molecule has 2 heterocycles. The molecule has 2 aromatic heterocycles. The summed E-state index contributed by atoms with van der Waals surface area (Å²) in [6.07, 6.45) is 1.76. The second-order valence-corrected chi connectivity index (χ2v) is 5.24. The lowest BCUT2D eigenvalue weighted by Crippen LogP contribution is -2.07. The summed E-state index contributed by atoms with van der Waals surface area (Å²) in [5.41, 5.74) is 1.05. The van der Waals surface area contributed by atoms with Crippen LogP contribution in [0.1, 0.15) is 32.2 Å². The van der Waals surface area contributed by atoms with Gasteiger partial charge in [-0.2, -0.15) is 0 Å². The Hall–Kier alpha value is -1.11. The molecule has 19 heavy (non-hydrogen) atoms. The van der Waals surface area contributed by atoms with Gasteiger partial charge in [0.2, 0.25) is 0 Å². The number of aromatic nitrogens is 2. The van der Waals surface area contributed by atoms with Crippen LogP contribution in [0.5, 0.6) is 0 Å². The molecule has 1 N–H and O–H groups in total. The Morgan fingerprint density at radius 2 is 1.95 bits per heavy atom. The summed E-state index contributed by atoms with van der Waals surface area (Å²) in [6, 6.07) is 3.92. The molecule has 0 radical (unpaired) electrons. The monoisotopic (exact) mass is 371 g/mol. The Morgan fingerprint density at radius 3 is 2.53 bits per heavy atom. The fraction of sp³-hybridized carbons (Fsp3) is 0.429. The highest BCUT2D eigenvalue weighted by molar-refractivity contribution is 14.1. The molecular weight excluding hydrogens is 353 g/mol. The van der Waals surface area contributed by atoms with Crippen LogP contribution in [0.15, 0.2) is 16.5 Å². The van der Waals surface area contributed by atoms with Gasteiger partial charge in [-0.25, -0.2) is 9.97 Å². The normalized spacial score (nSPS) is 10.7. The molecule has 0 fully saturated rings. The molecule has 0 unspecified atom stereocenters. The average Bonchev–Trinajstić information content (AvgIpc) is 2.90. The van der Waals surface area contributed by atoms with Gasteiger partial charge in [0.1, 0.15) is 11.6 Å². The molecule has 0 aliphatic rings. The Labute approximate surface area is 127 Å². The zero-order valence-electron chi connectivity index (χ0n) is 11.5. The molecule has 2 aromatic rings. The number of anilines is 1. The molecule has 0 amide bonds. The molecule has 0 aromatic carbocycles. The average molecular weight is 371 g/mol. The third kappa shape index (κ3) is 3.08. The predicted octanol–water partition coefficient (Wildman–Crippen LogP) is 3.90. The molecule has 102 valence electrons. The van der Waals surface area contributed by atoms with Gasteiger partial charge in [-0.3, -0.25) is 0 Å². The minimum atomic E-state index is 0.660. The van der Waals surface area contributed by atoms with Gasteiger partial charge < -0.3 is 9.73 Å². The van der Waals surface area contributed by atoms with E-state index in [2.05, 4.69) is 58.6 Å². The molecule has 0 atom stereocenters. The summed E-state index contributed by atoms with van der Waals surface area (Å²) < 4.78 is 6.83. The maximum absolute atomic E-state index is 5.74. The van der Waals surface area contributed by atoms with Crippen molar-refractivity contribution in [2.75, 3.05) is 11.9 Å². The number of rotatable bonds is 5. The van der Waals surface area contributed by atoms with E-state index in [9.17, 15) is 0 Å². The van der Waals surface area contributed by atoms with E-state index in [4.69, 9.17) is 4.42 Å². The van der Waals surface area contributed by atoms with Crippen molar-refractivity contribution in [1.29, 1.82) is 0 Å². The number of nitrogens with one attached hydrogen (secondary N) is 1. The van der Waals surface area contributed by atoms with E-state index in [1.807, 2.05) is 12.1 Å². The number of hydrogen-bond acceptors (Lipinski definition) is 4. The minimum Gasteiger partial charge on any atom is -0.458 e. The third-order valence-electron chi connectivity index (χ3n) is 2.83. The summed E-state index contributed by atoms with van der Waals surface area (Å²) >= 11 is 2.29. The highest BCUT2D eigenvalue weighted by atomic mass is 127. The van der Waals surface area contributed by atoms with Gasteiger partial charge in [-0.05, 0) is 48.1 Å². The first-order valence-corrected chi connectivity index (χ1v) is 7.66. The van der Waals surface area contributed by atoms with E-state index in [1.54, 1.807) is 0 Å². The third-order valence-corrected chi connectivity index (χ3v) is 3.96. The number of hydrogen-bond donors (Lipinski definition) is 1. The van der Waals surface area contributed by atoms with Crippen molar-refractivity contribution in [3.8, 4) is 11.6 Å². The number of aryl methyl sites for hydroxylation is 2. The van der Waals surface area contributed by atoms with Crippen molar-refractivity contribution >= 4 is 28.4 Å². The molecule has 4 nitrogen and oxygen atoms in total. The van der Waals surface area contributed by atoms with Crippen molar-refractivity contribution in [3.05, 3.63) is 27.2 Å². The predicted molar refractivity (Wildman–Crippen MR) is 85.4 cm³/mol. The molecule has 5 heteroatoms. The fourth-order valence-corrected chi connectivity index (χ4v) is 2.62. The zero-order valence-corrected chi connectivity index (χ0v) is 13.6. The topological polar surface area (TPSA) is 51.0 Å². The molecule has 0 saturated carbocycles. The maximum atomic E-state index is 5.74. The van der Waals surface area contributed by atoms with Crippen LogP contribution in [0.4, 0.5) is 5.82 Å². The first-order chi connectivity index (χ1) is 9.19. The van der Waals surface area contributed by atoms with Crippen molar-refractivity contribution in [1.82, 2.24) is 9.97 Å². The van der Waals surface area contributed by atoms with Gasteiger partial charge in [-0.15, -0.1) is 0 Å². The minimum absolute atomic E-state index is 0.660. The summed E-state index contributed by atoms with van der Waals surface area (Å²) in [4.78, 5) is 9.16. The van der Waals surface area contributed by atoms with Gasteiger partial charge in [0, 0.05) is 13.0 Å². The molecule has 0 spiro atoms. The van der Waals surface area contributed by atoms with Crippen molar-refractivity contribution in [3.63, 3.8) is 0 Å². The van der Waals surface area contributed by atoms with Crippen molar-refractivity contribution in [2.45, 2.75) is 33.6 Å². The van der Waals surface area contributed by atoms with Gasteiger partial charge in [0.25, 0.3) is 0 Å². The Morgan fingerprint density at radius 1 is 1.16 bits per heavy atom. The lowest BCUT2D eigenvalue weighted by Gasteiger charge is -2.10. The van der Waals surface area contributed by atoms with E-state index < -0.39 is 0 Å². The fourth-order valence-electron chi connectivity index (χ4n) is 1.81. The lowest BCUT2D eigenvalue weighted by atomic mass is 10.3. The van der Waals surface area contributed by atoms with Crippen molar-refractivity contribution < 1.29 is 4.42 Å². The van der Waals surface area contributed by atoms with Crippen LogP contribution in [-0.4, -0.2) is 16.5 Å². The second-order valence-electron chi connectivity index (χ2n) is 4.16. The smallest absolute Gasteiger partial charge is 0.197 e. The number of nitrogens with zero attached hydrogens (tertiary/aromatic N) is 2. The summed E-state index contributed by atoms with van der Waals surface area (Å²) in [5, 5.41) is 3.28. The van der Waals surface area contributed by atoms with Crippen LogP contribution >= 0.6 is 22.6 Å². The highest BCUT2D eigenvalue weighted by Crippen LogP contribution is 2.25. The summed E-state index contributed by atoms with van der Waals surface area (Å²) in [7, 11) is 0. The highest BCUT2D eigenvalue weighted by Gasteiger charge is 2.14. The van der Waals surface area contributed by atoms with E-state index in [0.29, 0.717) is 5.82 Å². The molecule has 0 bridgehead atoms. The van der Waals surface area contributed by atoms with Gasteiger partial charge >= 0.3 is 0 Å². The first-order valence-electron chi connectivity index (χ1n) is 6.58. The van der Waals surface area contributed by atoms with Crippen LogP contribution in [0.25, 0.3) is 11.6 Å². The van der Waals surface area contributed by atoms with E-state index >= 15 is 0 Å². The van der Waals surface area contributed by atoms with Crippen molar-refractivity contribution in [2.24, 2.45) is 0 Å². The summed E-state index contributed by atoms with van der Waals surface area (Å²) in [6.45, 7) is 7.07.